The van der Waals surface area contributed by atoms with Crippen LogP contribution in [-0.4, -0.2) is 51.5 Å². The van der Waals surface area contributed by atoms with Crippen molar-refractivity contribution >= 4 is 23.9 Å². The first-order chi connectivity index (χ1) is 13.4. The molecule has 3 amide bonds. The summed E-state index contributed by atoms with van der Waals surface area (Å²) in [6.45, 7) is 9.57. The molecule has 0 saturated carbocycles. The summed E-state index contributed by atoms with van der Waals surface area (Å²) in [4.78, 5) is 56.4. The van der Waals surface area contributed by atoms with E-state index in [-0.39, 0.29) is 23.5 Å². The summed E-state index contributed by atoms with van der Waals surface area (Å²) in [5.74, 6) is -2.19. The fourth-order valence-electron chi connectivity index (χ4n) is 3.73. The molecule has 8 nitrogen and oxygen atoms in total. The highest BCUT2D eigenvalue weighted by atomic mass is 16.7. The molecule has 29 heavy (non-hydrogen) atoms. The lowest BCUT2D eigenvalue weighted by molar-refractivity contribution is -0.170. The van der Waals surface area contributed by atoms with E-state index in [1.807, 2.05) is 13.8 Å². The fourth-order valence-corrected chi connectivity index (χ4v) is 3.73. The van der Waals surface area contributed by atoms with Gasteiger partial charge >= 0.3 is 12.1 Å². The zero-order valence-corrected chi connectivity index (χ0v) is 17.4. The quantitative estimate of drug-likeness (QED) is 0.721. The Balaban J connectivity index is 1.64. The normalized spacial score (nSPS) is 20.7. The summed E-state index contributed by atoms with van der Waals surface area (Å²) in [5, 5.41) is 0.514. The van der Waals surface area contributed by atoms with E-state index < -0.39 is 35.0 Å². The number of fused-ring (bicyclic) bond motifs is 1. The third-order valence-electron chi connectivity index (χ3n) is 5.37. The van der Waals surface area contributed by atoms with Gasteiger partial charge in [-0.1, -0.05) is 17.2 Å². The molecule has 0 N–H and O–H groups in total. The molecule has 1 unspecified atom stereocenters. The van der Waals surface area contributed by atoms with Gasteiger partial charge in [0.15, 0.2) is 0 Å². The molecule has 2 aliphatic rings. The number of hydrogen-bond donors (Lipinski definition) is 0. The molecule has 2 heterocycles. The van der Waals surface area contributed by atoms with Crippen LogP contribution in [0.4, 0.5) is 4.79 Å². The molecule has 1 saturated heterocycles. The van der Waals surface area contributed by atoms with Gasteiger partial charge < -0.3 is 14.5 Å². The first kappa shape index (κ1) is 20.8. The minimum absolute atomic E-state index is 0.0281. The van der Waals surface area contributed by atoms with Gasteiger partial charge in [0.1, 0.15) is 5.60 Å². The maximum atomic E-state index is 12.5. The van der Waals surface area contributed by atoms with Gasteiger partial charge in [-0.3, -0.25) is 9.59 Å². The van der Waals surface area contributed by atoms with Crippen LogP contribution in [-0.2, 0) is 14.4 Å². The number of benzene rings is 1. The highest BCUT2D eigenvalue weighted by Crippen LogP contribution is 2.38. The molecule has 2 aliphatic heterocycles. The van der Waals surface area contributed by atoms with Crippen LogP contribution in [0.1, 0.15) is 68.2 Å². The highest BCUT2D eigenvalue weighted by molar-refractivity contribution is 6.20. The van der Waals surface area contributed by atoms with Gasteiger partial charge in [-0.2, -0.15) is 0 Å². The van der Waals surface area contributed by atoms with Crippen molar-refractivity contribution in [1.82, 2.24) is 9.96 Å². The van der Waals surface area contributed by atoms with Crippen molar-refractivity contribution in [2.45, 2.75) is 58.6 Å². The van der Waals surface area contributed by atoms with E-state index in [1.54, 1.807) is 37.8 Å². The van der Waals surface area contributed by atoms with Gasteiger partial charge in [0.2, 0.25) is 0 Å². The monoisotopic (exact) mass is 402 g/mol. The van der Waals surface area contributed by atoms with Crippen LogP contribution in [0.25, 0.3) is 0 Å². The molecular formula is C21H26N2O6. The van der Waals surface area contributed by atoms with Gasteiger partial charge in [-0.15, -0.1) is 0 Å². The van der Waals surface area contributed by atoms with E-state index in [1.165, 1.54) is 12.1 Å². The molecule has 0 bridgehead atoms. The lowest BCUT2D eigenvalue weighted by Crippen LogP contribution is -2.48. The van der Waals surface area contributed by atoms with Crippen molar-refractivity contribution in [3.63, 3.8) is 0 Å². The Morgan fingerprint density at radius 3 is 2.17 bits per heavy atom. The van der Waals surface area contributed by atoms with Crippen molar-refractivity contribution in [1.29, 1.82) is 0 Å². The lowest BCUT2D eigenvalue weighted by atomic mass is 9.86. The van der Waals surface area contributed by atoms with E-state index >= 15 is 0 Å². The number of hydrogen-bond acceptors (Lipinski definition) is 6. The van der Waals surface area contributed by atoms with Crippen molar-refractivity contribution in [3.05, 3.63) is 35.4 Å². The van der Waals surface area contributed by atoms with E-state index in [0.29, 0.717) is 18.0 Å². The SMILES string of the molecule is CC(C)(C)OC(=O)N1CCC(CC(=O)ON2C(=O)c3ccccc3C2=O)C1(C)C. The second kappa shape index (κ2) is 7.17. The molecular weight excluding hydrogens is 376 g/mol. The minimum atomic E-state index is -0.691. The smallest absolute Gasteiger partial charge is 0.410 e. The Morgan fingerprint density at radius 2 is 1.66 bits per heavy atom. The third-order valence-corrected chi connectivity index (χ3v) is 5.37. The average Bonchev–Trinajstić information content (AvgIpc) is 3.03. The van der Waals surface area contributed by atoms with Gasteiger partial charge in [0.05, 0.1) is 17.5 Å². The van der Waals surface area contributed by atoms with Gasteiger partial charge in [0.25, 0.3) is 11.8 Å². The van der Waals surface area contributed by atoms with Crippen LogP contribution in [0.2, 0.25) is 0 Å². The van der Waals surface area contributed by atoms with Gasteiger partial charge in [-0.25, -0.2) is 9.59 Å². The topological polar surface area (TPSA) is 93.2 Å². The maximum absolute atomic E-state index is 12.5. The van der Waals surface area contributed by atoms with Crippen molar-refractivity contribution in [3.8, 4) is 0 Å². The zero-order valence-electron chi connectivity index (χ0n) is 17.4. The highest BCUT2D eigenvalue weighted by Gasteiger charge is 2.47. The molecule has 0 aliphatic carbocycles. The molecule has 1 fully saturated rings. The number of likely N-dealkylation sites (tertiary alicyclic amines) is 1. The zero-order chi connectivity index (χ0) is 21.6. The summed E-state index contributed by atoms with van der Waals surface area (Å²) >= 11 is 0. The number of carbonyl (C=O) groups is 4. The lowest BCUT2D eigenvalue weighted by Gasteiger charge is -2.36. The number of rotatable bonds is 3. The van der Waals surface area contributed by atoms with Crippen LogP contribution < -0.4 is 0 Å². The molecule has 0 radical (unpaired) electrons. The Hall–Kier alpha value is -2.90. The first-order valence-electron chi connectivity index (χ1n) is 9.61. The number of carbonyl (C=O) groups excluding carboxylic acids is 4. The Morgan fingerprint density at radius 1 is 1.10 bits per heavy atom. The number of imide groups is 1. The Bertz CT molecular complexity index is 835. The average molecular weight is 402 g/mol. The van der Waals surface area contributed by atoms with Crippen LogP contribution in [0, 0.1) is 5.92 Å². The largest absolute Gasteiger partial charge is 0.444 e. The van der Waals surface area contributed by atoms with Gasteiger partial charge in [-0.05, 0) is 59.1 Å². The standard InChI is InChI=1S/C21H26N2O6/c1-20(2,3)28-19(27)22-11-10-13(21(22,4)5)12-16(24)29-23-17(25)14-8-6-7-9-15(14)18(23)26/h6-9,13H,10-12H2,1-5H3. The summed E-state index contributed by atoms with van der Waals surface area (Å²) in [7, 11) is 0. The Kier molecular flexibility index (Phi) is 5.15. The summed E-state index contributed by atoms with van der Waals surface area (Å²) in [6.07, 6.45) is 0.127. The number of hydroxylamine groups is 2. The van der Waals surface area contributed by atoms with E-state index in [2.05, 4.69) is 0 Å². The van der Waals surface area contributed by atoms with E-state index in [4.69, 9.17) is 9.57 Å². The minimum Gasteiger partial charge on any atom is -0.444 e. The number of amides is 3. The molecule has 8 heteroatoms. The molecule has 1 aromatic rings. The van der Waals surface area contributed by atoms with Crippen LogP contribution in [0.5, 0.6) is 0 Å². The van der Waals surface area contributed by atoms with Crippen LogP contribution in [0.3, 0.4) is 0 Å². The summed E-state index contributed by atoms with van der Waals surface area (Å²) < 4.78 is 5.46. The molecule has 1 aromatic carbocycles. The summed E-state index contributed by atoms with van der Waals surface area (Å²) in [6, 6.07) is 6.31. The van der Waals surface area contributed by atoms with Crippen molar-refractivity contribution in [2.75, 3.05) is 6.54 Å². The van der Waals surface area contributed by atoms with E-state index in [9.17, 15) is 19.2 Å². The predicted molar refractivity (Wildman–Crippen MR) is 103 cm³/mol. The third kappa shape index (κ3) is 3.97. The second-order valence-electron chi connectivity index (χ2n) is 8.89. The van der Waals surface area contributed by atoms with Crippen LogP contribution >= 0.6 is 0 Å². The number of nitrogens with zero attached hydrogens (tertiary/aromatic N) is 2. The molecule has 0 aromatic heterocycles. The molecule has 0 spiro atoms. The van der Waals surface area contributed by atoms with Crippen LogP contribution in [0.15, 0.2) is 24.3 Å². The molecule has 156 valence electrons. The van der Waals surface area contributed by atoms with Crippen molar-refractivity contribution in [2.24, 2.45) is 5.92 Å². The number of ether oxygens (including phenoxy) is 1. The Labute approximate surface area is 169 Å². The van der Waals surface area contributed by atoms with Crippen molar-refractivity contribution < 1.29 is 28.8 Å². The molecule has 3 rings (SSSR count). The second-order valence-corrected chi connectivity index (χ2v) is 8.89. The van der Waals surface area contributed by atoms with E-state index in [0.717, 1.165) is 0 Å². The van der Waals surface area contributed by atoms with Gasteiger partial charge in [0, 0.05) is 12.1 Å². The first-order valence-corrected chi connectivity index (χ1v) is 9.61. The predicted octanol–water partition coefficient (Wildman–Crippen LogP) is 3.17. The molecule has 1 atom stereocenters. The maximum Gasteiger partial charge on any atom is 0.410 e. The summed E-state index contributed by atoms with van der Waals surface area (Å²) in [5.41, 5.74) is -0.830. The fraction of sp³-hybridized carbons (Fsp3) is 0.524.